The van der Waals surface area contributed by atoms with Gasteiger partial charge in [0.15, 0.2) is 0 Å². The van der Waals surface area contributed by atoms with Crippen LogP contribution in [-0.4, -0.2) is 52.8 Å². The summed E-state index contributed by atoms with van der Waals surface area (Å²) in [6, 6.07) is 7.53. The van der Waals surface area contributed by atoms with E-state index in [1.54, 1.807) is 20.8 Å². The normalized spacial score (nSPS) is 18.1. The predicted octanol–water partition coefficient (Wildman–Crippen LogP) is 5.10. The molecule has 0 spiro atoms. The zero-order valence-corrected chi connectivity index (χ0v) is 20.9. The molecule has 194 valence electrons. The molecule has 35 heavy (non-hydrogen) atoms. The number of hydrogen-bond acceptors (Lipinski definition) is 4. The Hall–Kier alpha value is -2.68. The van der Waals surface area contributed by atoms with E-state index >= 15 is 0 Å². The molecule has 1 heterocycles. The molecule has 1 aliphatic rings. The van der Waals surface area contributed by atoms with Crippen molar-refractivity contribution >= 4 is 22.9 Å². The maximum atomic E-state index is 13.7. The van der Waals surface area contributed by atoms with Gasteiger partial charge in [-0.2, -0.15) is 0 Å². The van der Waals surface area contributed by atoms with Crippen molar-refractivity contribution in [2.24, 2.45) is 5.92 Å². The van der Waals surface area contributed by atoms with Crippen molar-refractivity contribution in [3.05, 3.63) is 35.5 Å². The second-order valence-electron chi connectivity index (χ2n) is 10.6. The molecule has 0 bridgehead atoms. The Balaban J connectivity index is 1.59. The second kappa shape index (κ2) is 10.9. The van der Waals surface area contributed by atoms with Gasteiger partial charge in [-0.3, -0.25) is 4.79 Å². The lowest BCUT2D eigenvalue weighted by atomic mass is 9.81. The molecule has 2 amide bonds. The van der Waals surface area contributed by atoms with Crippen LogP contribution in [-0.2, 0) is 4.74 Å². The average Bonchev–Trinajstić information content (AvgIpc) is 3.15. The number of ether oxygens (including phenoxy) is 1. The van der Waals surface area contributed by atoms with Crippen LogP contribution in [0.25, 0.3) is 10.9 Å². The van der Waals surface area contributed by atoms with Crippen LogP contribution in [0, 0.1) is 5.92 Å². The van der Waals surface area contributed by atoms with Gasteiger partial charge in [0.25, 0.3) is 5.91 Å². The third kappa shape index (κ3) is 7.40. The smallest absolute Gasteiger partial charge is 0.407 e. The molecule has 0 saturated heterocycles. The number of carbonyl (C=O) groups is 2. The van der Waals surface area contributed by atoms with Gasteiger partial charge in [-0.05, 0) is 63.5 Å². The van der Waals surface area contributed by atoms with E-state index in [0.29, 0.717) is 25.0 Å². The van der Waals surface area contributed by atoms with Crippen LogP contribution in [0.1, 0.15) is 81.8 Å². The first-order valence-electron chi connectivity index (χ1n) is 12.3. The van der Waals surface area contributed by atoms with E-state index in [0.717, 1.165) is 16.5 Å². The lowest BCUT2D eigenvalue weighted by Gasteiger charge is -2.28. The Morgan fingerprint density at radius 3 is 2.51 bits per heavy atom. The second-order valence-corrected chi connectivity index (χ2v) is 10.6. The monoisotopic (exact) mass is 493 g/mol. The average molecular weight is 494 g/mol. The molecule has 1 fully saturated rings. The summed E-state index contributed by atoms with van der Waals surface area (Å²) in [6.45, 7) is 7.60. The van der Waals surface area contributed by atoms with E-state index in [-0.39, 0.29) is 43.7 Å². The highest BCUT2D eigenvalue weighted by molar-refractivity contribution is 6.01. The third-order valence-electron chi connectivity index (χ3n) is 6.45. The molecule has 7 nitrogen and oxygen atoms in total. The first-order valence-corrected chi connectivity index (χ1v) is 12.3. The van der Waals surface area contributed by atoms with Gasteiger partial charge in [0.05, 0.1) is 6.10 Å². The zero-order valence-electron chi connectivity index (χ0n) is 20.9. The molecule has 1 unspecified atom stereocenters. The molecule has 0 aliphatic heterocycles. The van der Waals surface area contributed by atoms with E-state index in [2.05, 4.69) is 15.6 Å². The third-order valence-corrected chi connectivity index (χ3v) is 6.45. The number of para-hydroxylation sites is 1. The molecule has 2 atom stereocenters. The highest BCUT2D eigenvalue weighted by atomic mass is 19.3. The van der Waals surface area contributed by atoms with Crippen molar-refractivity contribution in [2.75, 3.05) is 13.1 Å². The molecule has 1 aromatic carbocycles. The zero-order chi connectivity index (χ0) is 25.8. The summed E-state index contributed by atoms with van der Waals surface area (Å²) in [5.74, 6) is -3.34. The van der Waals surface area contributed by atoms with Gasteiger partial charge in [-0.25, -0.2) is 13.6 Å². The van der Waals surface area contributed by atoms with E-state index in [4.69, 9.17) is 4.74 Å². The highest BCUT2D eigenvalue weighted by Gasteiger charge is 2.37. The Labute approximate surface area is 205 Å². The quantitative estimate of drug-likeness (QED) is 0.411. The fourth-order valence-corrected chi connectivity index (χ4v) is 4.49. The number of aromatic nitrogens is 1. The molecule has 1 aliphatic carbocycles. The standard InChI is InChI=1S/C26H37F2N3O4/c1-16(20(32)11-14-29-24(34)35-25(2,3)4)15-30-23(33)22-21(17-9-12-26(27,28)13-10-17)18-7-5-6-8-19(18)31-22/h5-8,16-17,20,31-32H,9-15H2,1-4H3,(H,29,34)(H,30,33)/t16-,20?/m0/s1. The first-order chi connectivity index (χ1) is 16.4. The van der Waals surface area contributed by atoms with E-state index in [1.165, 1.54) is 0 Å². The van der Waals surface area contributed by atoms with Crippen LogP contribution < -0.4 is 10.6 Å². The van der Waals surface area contributed by atoms with Gasteiger partial charge in [-0.1, -0.05) is 25.1 Å². The number of nitrogens with one attached hydrogen (secondary N) is 3. The fraction of sp³-hybridized carbons (Fsp3) is 0.615. The van der Waals surface area contributed by atoms with Crippen molar-refractivity contribution in [1.29, 1.82) is 0 Å². The fourth-order valence-electron chi connectivity index (χ4n) is 4.49. The summed E-state index contributed by atoms with van der Waals surface area (Å²) in [7, 11) is 0. The summed E-state index contributed by atoms with van der Waals surface area (Å²) in [6.07, 6.45) is -0.684. The number of fused-ring (bicyclic) bond motifs is 1. The number of aromatic amines is 1. The maximum absolute atomic E-state index is 13.7. The number of amides is 2. The van der Waals surface area contributed by atoms with Gasteiger partial charge < -0.3 is 25.5 Å². The van der Waals surface area contributed by atoms with E-state index in [1.807, 2.05) is 31.2 Å². The lowest BCUT2D eigenvalue weighted by Crippen LogP contribution is -2.37. The number of rotatable bonds is 8. The van der Waals surface area contributed by atoms with Gasteiger partial charge in [0.1, 0.15) is 11.3 Å². The predicted molar refractivity (Wildman–Crippen MR) is 131 cm³/mol. The van der Waals surface area contributed by atoms with Gasteiger partial charge in [-0.15, -0.1) is 0 Å². The van der Waals surface area contributed by atoms with Crippen molar-refractivity contribution in [3.63, 3.8) is 0 Å². The Bertz CT molecular complexity index is 1020. The molecular formula is C26H37F2N3O4. The number of benzene rings is 1. The number of carbonyl (C=O) groups excluding carboxylic acids is 2. The summed E-state index contributed by atoms with van der Waals surface area (Å²) in [5, 5.41) is 16.8. The number of alkyl halides is 2. The topological polar surface area (TPSA) is 103 Å². The largest absolute Gasteiger partial charge is 0.444 e. The molecule has 4 N–H and O–H groups in total. The van der Waals surface area contributed by atoms with Crippen molar-refractivity contribution < 1.29 is 28.2 Å². The van der Waals surface area contributed by atoms with Crippen LogP contribution in [0.4, 0.5) is 13.6 Å². The lowest BCUT2D eigenvalue weighted by molar-refractivity contribution is -0.0381. The minimum Gasteiger partial charge on any atom is -0.444 e. The number of alkyl carbamates (subject to hydrolysis) is 1. The number of halogens is 2. The minimum absolute atomic E-state index is 0.117. The van der Waals surface area contributed by atoms with Crippen LogP contribution in [0.15, 0.2) is 24.3 Å². The summed E-state index contributed by atoms with van der Waals surface area (Å²) >= 11 is 0. The number of aliphatic hydroxyl groups excluding tert-OH is 1. The van der Waals surface area contributed by atoms with Crippen LogP contribution in [0.5, 0.6) is 0 Å². The van der Waals surface area contributed by atoms with Crippen LogP contribution in [0.3, 0.4) is 0 Å². The molecule has 1 saturated carbocycles. The summed E-state index contributed by atoms with van der Waals surface area (Å²) in [4.78, 5) is 28.0. The van der Waals surface area contributed by atoms with Gasteiger partial charge in [0.2, 0.25) is 5.92 Å². The van der Waals surface area contributed by atoms with Crippen molar-refractivity contribution in [1.82, 2.24) is 15.6 Å². The van der Waals surface area contributed by atoms with Crippen LogP contribution in [0.2, 0.25) is 0 Å². The van der Waals surface area contributed by atoms with Gasteiger partial charge in [0, 0.05) is 36.8 Å². The van der Waals surface area contributed by atoms with E-state index in [9.17, 15) is 23.5 Å². The molecule has 1 aromatic heterocycles. The Morgan fingerprint density at radius 2 is 1.86 bits per heavy atom. The van der Waals surface area contributed by atoms with Gasteiger partial charge >= 0.3 is 6.09 Å². The molecule has 9 heteroatoms. The Kier molecular flexibility index (Phi) is 8.41. The first kappa shape index (κ1) is 26.9. The maximum Gasteiger partial charge on any atom is 0.407 e. The van der Waals surface area contributed by atoms with E-state index < -0.39 is 23.7 Å². The highest BCUT2D eigenvalue weighted by Crippen LogP contribution is 2.44. The Morgan fingerprint density at radius 1 is 1.20 bits per heavy atom. The molecule has 2 aromatic rings. The minimum atomic E-state index is -2.64. The van der Waals surface area contributed by atoms with Crippen molar-refractivity contribution in [3.8, 4) is 0 Å². The summed E-state index contributed by atoms with van der Waals surface area (Å²) in [5.41, 5.74) is 1.39. The van der Waals surface area contributed by atoms with Crippen molar-refractivity contribution in [2.45, 2.75) is 83.3 Å². The number of hydrogen-bond donors (Lipinski definition) is 4. The number of H-pyrrole nitrogens is 1. The SMILES string of the molecule is C[C@@H](CNC(=O)c1[nH]c2ccccc2c1C1CCC(F)(F)CC1)C(O)CCNC(=O)OC(C)(C)C. The molecular weight excluding hydrogens is 456 g/mol. The van der Waals surface area contributed by atoms with Crippen LogP contribution >= 0.6 is 0 Å². The number of aliphatic hydroxyl groups is 1. The molecule has 0 radical (unpaired) electrons. The summed E-state index contributed by atoms with van der Waals surface area (Å²) < 4.78 is 32.7. The molecule has 3 rings (SSSR count).